The molecular formula is C33H47NO6. The third-order valence-corrected chi connectivity index (χ3v) is 11.6. The lowest BCUT2D eigenvalue weighted by Crippen LogP contribution is -2.58. The summed E-state index contributed by atoms with van der Waals surface area (Å²) in [6.07, 6.45) is 15.9. The fourth-order valence-electron chi connectivity index (χ4n) is 9.17. The smallest absolute Gasteiger partial charge is 0.306 e. The standard InChI is InChI=1S/C33H47NO6/c1-31-16-12-24(35)20-23(31)8-9-25-26(31)13-17-32(2)27(25)14-18-33(32,39)28(36)21-40-30(38)11-10-29(37)34-19-15-22-6-4-3-5-7-22/h6,20,25-27,39H,3-5,7-19,21H2,1-2H3,(H,34,37)/t25-,26-,27+,31+,32+,33+/m1/s1. The number of nitrogens with one attached hydrogen (secondary N) is 1. The van der Waals surface area contributed by atoms with Crippen LogP contribution in [0.5, 0.6) is 0 Å². The first-order chi connectivity index (χ1) is 19.1. The maximum atomic E-state index is 13.4. The number of rotatable bonds is 9. The normalized spacial score (nSPS) is 36.9. The molecule has 5 rings (SSSR count). The second-order valence-electron chi connectivity index (χ2n) is 13.6. The molecule has 0 saturated heterocycles. The Bertz CT molecular complexity index is 1110. The highest BCUT2D eigenvalue weighted by Crippen LogP contribution is 2.67. The number of Topliss-reactive ketones (excluding diaryl/α,β-unsaturated/α-hetero) is 1. The summed E-state index contributed by atoms with van der Waals surface area (Å²) in [6.45, 7) is 4.51. The minimum Gasteiger partial charge on any atom is -0.458 e. The van der Waals surface area contributed by atoms with Gasteiger partial charge in [-0.3, -0.25) is 19.2 Å². The lowest BCUT2D eigenvalue weighted by Gasteiger charge is -2.58. The second-order valence-corrected chi connectivity index (χ2v) is 13.6. The average molecular weight is 554 g/mol. The Morgan fingerprint density at radius 1 is 1.00 bits per heavy atom. The van der Waals surface area contributed by atoms with E-state index in [4.69, 9.17) is 4.74 Å². The third kappa shape index (κ3) is 5.35. The molecule has 0 bridgehead atoms. The first kappa shape index (κ1) is 29.2. The van der Waals surface area contributed by atoms with Gasteiger partial charge in [0.1, 0.15) is 5.60 Å². The summed E-state index contributed by atoms with van der Waals surface area (Å²) in [4.78, 5) is 50.0. The highest BCUT2D eigenvalue weighted by Gasteiger charge is 2.66. The molecule has 0 aromatic carbocycles. The van der Waals surface area contributed by atoms with Gasteiger partial charge in [0.05, 0.1) is 6.42 Å². The summed E-state index contributed by atoms with van der Waals surface area (Å²) in [5.74, 6) is 0.181. The van der Waals surface area contributed by atoms with Gasteiger partial charge in [-0.2, -0.15) is 0 Å². The van der Waals surface area contributed by atoms with Gasteiger partial charge in [-0.05, 0) is 106 Å². The van der Waals surface area contributed by atoms with E-state index in [0.29, 0.717) is 31.2 Å². The summed E-state index contributed by atoms with van der Waals surface area (Å²) >= 11 is 0. The van der Waals surface area contributed by atoms with E-state index in [0.717, 1.165) is 57.8 Å². The van der Waals surface area contributed by atoms with Crippen LogP contribution in [0.25, 0.3) is 0 Å². The van der Waals surface area contributed by atoms with E-state index < -0.39 is 29.4 Å². The van der Waals surface area contributed by atoms with E-state index in [1.54, 1.807) is 0 Å². The minimum atomic E-state index is -1.51. The van der Waals surface area contributed by atoms with Gasteiger partial charge >= 0.3 is 5.97 Å². The topological polar surface area (TPSA) is 110 Å². The zero-order valence-corrected chi connectivity index (χ0v) is 24.4. The molecule has 0 heterocycles. The zero-order chi connectivity index (χ0) is 28.5. The molecule has 0 aromatic rings. The van der Waals surface area contributed by atoms with Gasteiger partial charge in [-0.25, -0.2) is 0 Å². The van der Waals surface area contributed by atoms with Crippen LogP contribution in [0.1, 0.15) is 110 Å². The molecule has 0 radical (unpaired) electrons. The Hall–Kier alpha value is -2.28. The van der Waals surface area contributed by atoms with Crippen molar-refractivity contribution in [3.8, 4) is 0 Å². The van der Waals surface area contributed by atoms with Gasteiger partial charge in [-0.1, -0.05) is 31.1 Å². The molecule has 5 aliphatic carbocycles. The van der Waals surface area contributed by atoms with Gasteiger partial charge in [0.15, 0.2) is 12.4 Å². The van der Waals surface area contributed by atoms with Crippen molar-refractivity contribution >= 4 is 23.4 Å². The van der Waals surface area contributed by atoms with E-state index in [2.05, 4.69) is 25.2 Å². The number of amides is 1. The molecule has 1 amide bonds. The van der Waals surface area contributed by atoms with Crippen molar-refractivity contribution in [3.63, 3.8) is 0 Å². The number of hydrogen-bond donors (Lipinski definition) is 2. The lowest BCUT2D eigenvalue weighted by atomic mass is 9.46. The Morgan fingerprint density at radius 2 is 1.80 bits per heavy atom. The minimum absolute atomic E-state index is 0.0278. The summed E-state index contributed by atoms with van der Waals surface area (Å²) in [5.41, 5.74) is 0.683. The predicted octanol–water partition coefficient (Wildman–Crippen LogP) is 5.15. The number of aliphatic hydroxyl groups is 1. The largest absolute Gasteiger partial charge is 0.458 e. The lowest BCUT2D eigenvalue weighted by molar-refractivity contribution is -0.170. The number of fused-ring (bicyclic) bond motifs is 5. The van der Waals surface area contributed by atoms with Crippen molar-refractivity contribution in [2.45, 2.75) is 116 Å². The van der Waals surface area contributed by atoms with E-state index in [-0.39, 0.29) is 35.9 Å². The number of hydrogen-bond acceptors (Lipinski definition) is 6. The maximum Gasteiger partial charge on any atom is 0.306 e. The van der Waals surface area contributed by atoms with Crippen LogP contribution in [0.3, 0.4) is 0 Å². The Labute approximate surface area is 238 Å². The number of carbonyl (C=O) groups is 4. The fraction of sp³-hybridized carbons (Fsp3) is 0.758. The molecule has 40 heavy (non-hydrogen) atoms. The van der Waals surface area contributed by atoms with Crippen molar-refractivity contribution in [2.24, 2.45) is 28.6 Å². The molecule has 0 spiro atoms. The first-order valence-corrected chi connectivity index (χ1v) is 15.7. The second kappa shape index (κ2) is 11.5. The van der Waals surface area contributed by atoms with E-state index >= 15 is 0 Å². The Morgan fingerprint density at radius 3 is 2.58 bits per heavy atom. The van der Waals surface area contributed by atoms with Crippen molar-refractivity contribution in [3.05, 3.63) is 23.3 Å². The number of esters is 1. The van der Waals surface area contributed by atoms with Crippen LogP contribution in [0.4, 0.5) is 0 Å². The van der Waals surface area contributed by atoms with E-state index in [9.17, 15) is 24.3 Å². The molecule has 0 unspecified atom stereocenters. The molecule has 0 aromatic heterocycles. The summed E-state index contributed by atoms with van der Waals surface area (Å²) in [6, 6.07) is 0. The van der Waals surface area contributed by atoms with Crippen molar-refractivity contribution < 1.29 is 29.0 Å². The molecule has 6 atom stereocenters. The van der Waals surface area contributed by atoms with Gasteiger partial charge in [-0.15, -0.1) is 0 Å². The molecule has 220 valence electrons. The van der Waals surface area contributed by atoms with Crippen molar-refractivity contribution in [1.29, 1.82) is 0 Å². The van der Waals surface area contributed by atoms with Crippen LogP contribution < -0.4 is 5.32 Å². The van der Waals surface area contributed by atoms with Crippen LogP contribution in [0.2, 0.25) is 0 Å². The van der Waals surface area contributed by atoms with Crippen LogP contribution >= 0.6 is 0 Å². The van der Waals surface area contributed by atoms with E-state index in [1.807, 2.05) is 6.08 Å². The molecule has 7 nitrogen and oxygen atoms in total. The van der Waals surface area contributed by atoms with Crippen molar-refractivity contribution in [1.82, 2.24) is 5.32 Å². The third-order valence-electron chi connectivity index (χ3n) is 11.6. The summed E-state index contributed by atoms with van der Waals surface area (Å²) in [7, 11) is 0. The molecule has 2 N–H and O–H groups in total. The number of carbonyl (C=O) groups excluding carboxylic acids is 4. The number of ether oxygens (including phenoxy) is 1. The highest BCUT2D eigenvalue weighted by molar-refractivity contribution is 5.92. The van der Waals surface area contributed by atoms with Crippen LogP contribution in [0, 0.1) is 28.6 Å². The quantitative estimate of drug-likeness (QED) is 0.302. The van der Waals surface area contributed by atoms with Crippen LogP contribution in [-0.4, -0.2) is 47.3 Å². The fourth-order valence-corrected chi connectivity index (χ4v) is 9.17. The van der Waals surface area contributed by atoms with Gasteiger partial charge in [0.2, 0.25) is 11.7 Å². The molecule has 3 fully saturated rings. The van der Waals surface area contributed by atoms with Gasteiger partial charge in [0, 0.05) is 24.8 Å². The Kier molecular flexibility index (Phi) is 8.43. The zero-order valence-electron chi connectivity index (χ0n) is 24.4. The van der Waals surface area contributed by atoms with Crippen LogP contribution in [0.15, 0.2) is 23.3 Å². The summed E-state index contributed by atoms with van der Waals surface area (Å²) in [5, 5.41) is 14.7. The molecule has 7 heteroatoms. The molecule has 0 aliphatic heterocycles. The summed E-state index contributed by atoms with van der Waals surface area (Å²) < 4.78 is 5.28. The highest BCUT2D eigenvalue weighted by atomic mass is 16.5. The van der Waals surface area contributed by atoms with E-state index in [1.165, 1.54) is 24.0 Å². The molecule has 3 saturated carbocycles. The van der Waals surface area contributed by atoms with Gasteiger partial charge < -0.3 is 15.2 Å². The van der Waals surface area contributed by atoms with Crippen LogP contribution in [-0.2, 0) is 23.9 Å². The number of allylic oxidation sites excluding steroid dienone is 2. The molecular weight excluding hydrogens is 506 g/mol. The SMILES string of the molecule is C[C@]12CCC(=O)C=C1CC[C@@H]1[C@H]2CC[C@@]2(C)[C@H]1CC[C@]2(O)C(=O)COC(=O)CCC(=O)NCCC1=CCCCC1. The maximum absolute atomic E-state index is 13.4. The predicted molar refractivity (Wildman–Crippen MR) is 151 cm³/mol. The first-order valence-electron chi connectivity index (χ1n) is 15.7. The monoisotopic (exact) mass is 553 g/mol. The average Bonchev–Trinajstić information content (AvgIpc) is 3.23. The van der Waals surface area contributed by atoms with Crippen molar-refractivity contribution in [2.75, 3.05) is 13.2 Å². The van der Waals surface area contributed by atoms with Gasteiger partial charge in [0.25, 0.3) is 0 Å². The Balaban J connectivity index is 1.11. The molecule has 5 aliphatic rings. The number of ketones is 2.